The van der Waals surface area contributed by atoms with Crippen LogP contribution in [0.25, 0.3) is 0 Å². The van der Waals surface area contributed by atoms with Crippen LogP contribution in [0.1, 0.15) is 5.56 Å². The number of benzene rings is 1. The molecule has 0 saturated carbocycles. The Labute approximate surface area is 84.2 Å². The van der Waals surface area contributed by atoms with Crippen LogP contribution in [0.4, 0.5) is 18.9 Å². The molecule has 1 rings (SSSR count). The first kappa shape index (κ1) is 11.0. The molecule has 1 aromatic carbocycles. The summed E-state index contributed by atoms with van der Waals surface area (Å²) >= 11 is 4.99. The Kier molecular flexibility index (Phi) is 3.16. The molecular weight excluding hydrogens is 215 g/mol. The molecule has 0 N–H and O–H groups in total. The van der Waals surface area contributed by atoms with Gasteiger partial charge in [-0.25, -0.2) is 4.99 Å². The number of rotatable bonds is 1. The number of alkyl halides is 3. The molecular formula is C9H7ClF3N. The van der Waals surface area contributed by atoms with E-state index in [9.17, 15) is 13.2 Å². The van der Waals surface area contributed by atoms with Crippen LogP contribution in [0.3, 0.4) is 0 Å². The average molecular weight is 222 g/mol. The van der Waals surface area contributed by atoms with Gasteiger partial charge in [0.2, 0.25) is 5.17 Å². The lowest BCUT2D eigenvalue weighted by molar-refractivity contribution is -0.0558. The molecule has 0 aliphatic rings. The van der Waals surface area contributed by atoms with Gasteiger partial charge in [-0.3, -0.25) is 0 Å². The van der Waals surface area contributed by atoms with E-state index in [1.165, 1.54) is 6.07 Å². The predicted octanol–water partition coefficient (Wildman–Crippen LogP) is 3.83. The summed E-state index contributed by atoms with van der Waals surface area (Å²) in [5, 5.41) is -1.35. The highest BCUT2D eigenvalue weighted by molar-refractivity contribution is 6.67. The monoisotopic (exact) mass is 221 g/mol. The van der Waals surface area contributed by atoms with E-state index in [1.807, 2.05) is 0 Å². The number of nitrogens with zero attached hydrogens (tertiary/aromatic N) is 1. The standard InChI is InChI=1S/C9H7ClF3N/c1-6-4-2-3-5-7(6)14-8(10)9(11,12)13/h2-5H,1H3. The minimum Gasteiger partial charge on any atom is -0.232 e. The zero-order valence-electron chi connectivity index (χ0n) is 7.27. The highest BCUT2D eigenvalue weighted by Crippen LogP contribution is 2.25. The maximum absolute atomic E-state index is 12.0. The van der Waals surface area contributed by atoms with Crippen molar-refractivity contribution in [2.45, 2.75) is 13.1 Å². The van der Waals surface area contributed by atoms with E-state index in [-0.39, 0.29) is 5.69 Å². The number of hydrogen-bond donors (Lipinski definition) is 0. The van der Waals surface area contributed by atoms with Crippen molar-refractivity contribution in [1.82, 2.24) is 0 Å². The molecule has 0 aliphatic heterocycles. The van der Waals surface area contributed by atoms with Crippen LogP contribution in [0, 0.1) is 6.92 Å². The molecule has 76 valence electrons. The summed E-state index contributed by atoms with van der Waals surface area (Å²) < 4.78 is 36.0. The van der Waals surface area contributed by atoms with Crippen molar-refractivity contribution < 1.29 is 13.2 Å². The smallest absolute Gasteiger partial charge is 0.232 e. The van der Waals surface area contributed by atoms with Crippen molar-refractivity contribution in [2.24, 2.45) is 4.99 Å². The lowest BCUT2D eigenvalue weighted by Crippen LogP contribution is -2.16. The molecule has 0 fully saturated rings. The highest BCUT2D eigenvalue weighted by atomic mass is 35.5. The summed E-state index contributed by atoms with van der Waals surface area (Å²) in [5.41, 5.74) is 0.879. The van der Waals surface area contributed by atoms with Gasteiger partial charge in [0.15, 0.2) is 0 Å². The van der Waals surface area contributed by atoms with Gasteiger partial charge in [-0.2, -0.15) is 13.2 Å². The van der Waals surface area contributed by atoms with Gasteiger partial charge < -0.3 is 0 Å². The van der Waals surface area contributed by atoms with Gasteiger partial charge >= 0.3 is 6.18 Å². The fourth-order valence-electron chi connectivity index (χ4n) is 0.858. The first-order valence-electron chi connectivity index (χ1n) is 3.78. The average Bonchev–Trinajstić information content (AvgIpc) is 2.07. The quantitative estimate of drug-likeness (QED) is 0.639. The van der Waals surface area contributed by atoms with Crippen LogP contribution in [0.15, 0.2) is 29.3 Å². The van der Waals surface area contributed by atoms with Crippen LogP contribution in [-0.4, -0.2) is 11.3 Å². The molecule has 0 aliphatic carbocycles. The Hall–Kier alpha value is -1.03. The third kappa shape index (κ3) is 2.73. The second-order valence-electron chi connectivity index (χ2n) is 2.69. The van der Waals surface area contributed by atoms with Crippen molar-refractivity contribution in [3.05, 3.63) is 29.8 Å². The molecule has 0 unspecified atom stereocenters. The van der Waals surface area contributed by atoms with Crippen LogP contribution in [0.2, 0.25) is 0 Å². The number of para-hydroxylation sites is 1. The molecule has 0 heterocycles. The molecule has 14 heavy (non-hydrogen) atoms. The number of hydrogen-bond acceptors (Lipinski definition) is 1. The normalized spacial score (nSPS) is 13.1. The van der Waals surface area contributed by atoms with Crippen molar-refractivity contribution in [3.63, 3.8) is 0 Å². The van der Waals surface area contributed by atoms with E-state index in [2.05, 4.69) is 4.99 Å². The van der Waals surface area contributed by atoms with E-state index in [0.29, 0.717) is 5.56 Å². The number of halogens is 4. The minimum atomic E-state index is -4.58. The molecule has 1 nitrogen and oxygen atoms in total. The van der Waals surface area contributed by atoms with E-state index < -0.39 is 11.3 Å². The first-order chi connectivity index (χ1) is 6.41. The second-order valence-corrected chi connectivity index (χ2v) is 3.04. The van der Waals surface area contributed by atoms with Crippen LogP contribution in [0.5, 0.6) is 0 Å². The minimum absolute atomic E-state index is 0.231. The maximum atomic E-state index is 12.0. The fourth-order valence-corrected chi connectivity index (χ4v) is 0.949. The predicted molar refractivity (Wildman–Crippen MR) is 50.2 cm³/mol. The van der Waals surface area contributed by atoms with Gasteiger partial charge in [0, 0.05) is 0 Å². The third-order valence-corrected chi connectivity index (χ3v) is 1.87. The van der Waals surface area contributed by atoms with Gasteiger partial charge in [-0.05, 0) is 18.6 Å². The van der Waals surface area contributed by atoms with Gasteiger partial charge in [0.1, 0.15) is 0 Å². The van der Waals surface area contributed by atoms with Gasteiger partial charge in [0.05, 0.1) is 5.69 Å². The zero-order valence-corrected chi connectivity index (χ0v) is 8.02. The summed E-state index contributed by atoms with van der Waals surface area (Å²) in [6.45, 7) is 1.67. The Bertz CT molecular complexity index is 357. The van der Waals surface area contributed by atoms with E-state index in [0.717, 1.165) is 0 Å². The zero-order chi connectivity index (χ0) is 10.8. The van der Waals surface area contributed by atoms with Crippen molar-refractivity contribution in [2.75, 3.05) is 0 Å². The van der Waals surface area contributed by atoms with Crippen LogP contribution >= 0.6 is 11.6 Å². The van der Waals surface area contributed by atoms with Gasteiger partial charge in [0.25, 0.3) is 0 Å². The second kappa shape index (κ2) is 4.00. The summed E-state index contributed by atoms with van der Waals surface area (Å²) in [6, 6.07) is 6.46. The molecule has 0 radical (unpaired) electrons. The van der Waals surface area contributed by atoms with E-state index in [4.69, 9.17) is 11.6 Å². The van der Waals surface area contributed by atoms with Gasteiger partial charge in [-0.1, -0.05) is 29.8 Å². The third-order valence-electron chi connectivity index (χ3n) is 1.57. The molecule has 0 bridgehead atoms. The van der Waals surface area contributed by atoms with Gasteiger partial charge in [-0.15, -0.1) is 0 Å². The topological polar surface area (TPSA) is 12.4 Å². The first-order valence-corrected chi connectivity index (χ1v) is 4.16. The summed E-state index contributed by atoms with van der Waals surface area (Å²) in [7, 11) is 0. The highest BCUT2D eigenvalue weighted by Gasteiger charge is 2.34. The molecule has 5 heteroatoms. The largest absolute Gasteiger partial charge is 0.444 e. The Morgan fingerprint density at radius 3 is 2.36 bits per heavy atom. The van der Waals surface area contributed by atoms with Crippen LogP contribution < -0.4 is 0 Å². The maximum Gasteiger partial charge on any atom is 0.444 e. The Morgan fingerprint density at radius 1 is 1.29 bits per heavy atom. The molecule has 0 amide bonds. The molecule has 0 atom stereocenters. The molecule has 0 saturated heterocycles. The van der Waals surface area contributed by atoms with E-state index >= 15 is 0 Å². The Morgan fingerprint density at radius 2 is 1.86 bits per heavy atom. The Balaban J connectivity index is 3.04. The van der Waals surface area contributed by atoms with E-state index in [1.54, 1.807) is 25.1 Å². The summed E-state index contributed by atoms with van der Waals surface area (Å²) in [6.07, 6.45) is -4.58. The molecule has 0 aromatic heterocycles. The summed E-state index contributed by atoms with van der Waals surface area (Å²) in [4.78, 5) is 3.29. The van der Waals surface area contributed by atoms with Crippen molar-refractivity contribution >= 4 is 22.5 Å². The van der Waals surface area contributed by atoms with Crippen molar-refractivity contribution in [3.8, 4) is 0 Å². The number of aryl methyl sites for hydroxylation is 1. The van der Waals surface area contributed by atoms with Crippen molar-refractivity contribution in [1.29, 1.82) is 0 Å². The number of aliphatic imine (C=N–C) groups is 1. The SMILES string of the molecule is Cc1ccccc1N=C(Cl)C(F)(F)F. The lowest BCUT2D eigenvalue weighted by Gasteiger charge is -2.04. The van der Waals surface area contributed by atoms with Crippen LogP contribution in [-0.2, 0) is 0 Å². The lowest BCUT2D eigenvalue weighted by atomic mass is 10.2. The molecule has 0 spiro atoms. The fraction of sp³-hybridized carbons (Fsp3) is 0.222. The summed E-state index contributed by atoms with van der Waals surface area (Å²) in [5.74, 6) is 0. The molecule has 1 aromatic rings.